The molecule has 0 aliphatic carbocycles. The predicted octanol–water partition coefficient (Wildman–Crippen LogP) is 18.3. The van der Waals surface area contributed by atoms with Gasteiger partial charge in [0, 0.05) is 6.42 Å². The van der Waals surface area contributed by atoms with Crippen molar-refractivity contribution in [3.8, 4) is 0 Å². The highest BCUT2D eigenvalue weighted by Gasteiger charge is 2.24. The second-order valence-corrected chi connectivity index (χ2v) is 22.7. The fourth-order valence-electron chi connectivity index (χ4n) is 8.24. The highest BCUT2D eigenvalue weighted by atomic mass is 31.2. The van der Waals surface area contributed by atoms with Gasteiger partial charge in [0.05, 0.1) is 39.9 Å². The number of phosphoric acid groups is 1. The van der Waals surface area contributed by atoms with E-state index in [0.29, 0.717) is 23.9 Å². The van der Waals surface area contributed by atoms with Crippen LogP contribution in [0.5, 0.6) is 0 Å². The molecule has 0 aliphatic heterocycles. The lowest BCUT2D eigenvalue weighted by Crippen LogP contribution is -2.46. The van der Waals surface area contributed by atoms with Crippen molar-refractivity contribution in [1.82, 2.24) is 5.32 Å². The molecule has 0 fully saturated rings. The minimum atomic E-state index is -4.58. The zero-order valence-electron chi connectivity index (χ0n) is 49.0. The predicted molar refractivity (Wildman–Crippen MR) is 325 cm³/mol. The van der Waals surface area contributed by atoms with E-state index < -0.39 is 20.0 Å². The Morgan fingerprint density at radius 2 is 0.813 bits per heavy atom. The molecule has 0 saturated heterocycles. The van der Waals surface area contributed by atoms with Gasteiger partial charge in [-0.25, -0.2) is 0 Å². The molecular formula is C66H115N2O6P. The van der Waals surface area contributed by atoms with Gasteiger partial charge in [0.1, 0.15) is 13.2 Å². The molecule has 0 radical (unpaired) electrons. The molecule has 3 atom stereocenters. The SMILES string of the molecule is CC/C=C\C/C=C\C/C=C\C/C=C\C/C=C\C/C=C\C/C=C\C/C=C\C/C=C\C/C=C\CCCCCCCCCCC(=O)NC(COP(=O)([O-])OCC[N+](C)(C)C)C(O)CCCCCCCCCCCCCCCC. The Kier molecular flexibility index (Phi) is 53.3. The Balaban J connectivity index is 4.11. The van der Waals surface area contributed by atoms with E-state index in [9.17, 15) is 19.4 Å². The number of rotatable bonds is 54. The molecule has 0 saturated carbocycles. The van der Waals surface area contributed by atoms with Crippen molar-refractivity contribution in [3.05, 3.63) is 122 Å². The Hall–Kier alpha value is -3.10. The lowest BCUT2D eigenvalue weighted by Gasteiger charge is -2.30. The number of phosphoric ester groups is 1. The summed E-state index contributed by atoms with van der Waals surface area (Å²) < 4.78 is 23.4. The molecule has 2 N–H and O–H groups in total. The molecule has 0 aliphatic rings. The normalized spacial score (nSPS) is 14.7. The Morgan fingerprint density at radius 3 is 1.19 bits per heavy atom. The average Bonchev–Trinajstić information content (AvgIpc) is 3.37. The summed E-state index contributed by atoms with van der Waals surface area (Å²) in [5, 5.41) is 14.0. The van der Waals surface area contributed by atoms with Crippen molar-refractivity contribution in [3.63, 3.8) is 0 Å². The number of hydrogen-bond acceptors (Lipinski definition) is 6. The van der Waals surface area contributed by atoms with Crippen LogP contribution in [0.4, 0.5) is 0 Å². The van der Waals surface area contributed by atoms with E-state index in [1.165, 1.54) is 103 Å². The first-order valence-corrected chi connectivity index (χ1v) is 31.8. The zero-order valence-corrected chi connectivity index (χ0v) is 49.8. The number of quaternary nitrogens is 1. The van der Waals surface area contributed by atoms with E-state index in [4.69, 9.17) is 9.05 Å². The van der Waals surface area contributed by atoms with E-state index >= 15 is 0 Å². The van der Waals surface area contributed by atoms with Gasteiger partial charge in [0.15, 0.2) is 0 Å². The lowest BCUT2D eigenvalue weighted by atomic mass is 10.0. The highest BCUT2D eigenvalue weighted by Crippen LogP contribution is 2.38. The third-order valence-corrected chi connectivity index (χ3v) is 13.9. The molecule has 430 valence electrons. The van der Waals surface area contributed by atoms with E-state index in [0.717, 1.165) is 109 Å². The quantitative estimate of drug-likeness (QED) is 0.0272. The summed E-state index contributed by atoms with van der Waals surface area (Å²) in [5.41, 5.74) is 0. The number of carbonyl (C=O) groups is 1. The van der Waals surface area contributed by atoms with Crippen LogP contribution in [0.15, 0.2) is 122 Å². The van der Waals surface area contributed by atoms with Crippen molar-refractivity contribution < 1.29 is 32.9 Å². The molecule has 0 aromatic carbocycles. The summed E-state index contributed by atoms with van der Waals surface area (Å²) in [6, 6.07) is -0.813. The molecule has 75 heavy (non-hydrogen) atoms. The summed E-state index contributed by atoms with van der Waals surface area (Å²) in [6.45, 7) is 4.59. The molecule has 3 unspecified atom stereocenters. The second-order valence-electron chi connectivity index (χ2n) is 21.3. The summed E-state index contributed by atoms with van der Waals surface area (Å²) >= 11 is 0. The maximum Gasteiger partial charge on any atom is 0.268 e. The first-order chi connectivity index (χ1) is 36.5. The van der Waals surface area contributed by atoms with Crippen molar-refractivity contribution in [2.24, 2.45) is 0 Å². The third-order valence-electron chi connectivity index (χ3n) is 13.0. The number of nitrogens with zero attached hydrogens (tertiary/aromatic N) is 1. The molecule has 8 nitrogen and oxygen atoms in total. The van der Waals surface area contributed by atoms with E-state index in [2.05, 4.69) is 141 Å². The van der Waals surface area contributed by atoms with E-state index in [-0.39, 0.29) is 19.1 Å². The largest absolute Gasteiger partial charge is 0.756 e. The first kappa shape index (κ1) is 71.9. The molecule has 0 bridgehead atoms. The van der Waals surface area contributed by atoms with Crippen molar-refractivity contribution >= 4 is 13.7 Å². The van der Waals surface area contributed by atoms with Crippen molar-refractivity contribution in [2.75, 3.05) is 40.9 Å². The van der Waals surface area contributed by atoms with Gasteiger partial charge in [-0.15, -0.1) is 0 Å². The van der Waals surface area contributed by atoms with Gasteiger partial charge in [-0.3, -0.25) is 9.36 Å². The summed E-state index contributed by atoms with van der Waals surface area (Å²) in [5.74, 6) is -0.178. The maximum atomic E-state index is 13.0. The van der Waals surface area contributed by atoms with Gasteiger partial charge < -0.3 is 28.8 Å². The molecule has 1 amide bonds. The minimum Gasteiger partial charge on any atom is -0.756 e. The number of nitrogens with one attached hydrogen (secondary N) is 1. The molecule has 0 spiro atoms. The second kappa shape index (κ2) is 55.6. The van der Waals surface area contributed by atoms with Crippen LogP contribution in [0, 0.1) is 0 Å². The van der Waals surface area contributed by atoms with Crippen LogP contribution in [0.25, 0.3) is 0 Å². The maximum absolute atomic E-state index is 13.0. The number of hydrogen-bond donors (Lipinski definition) is 2. The van der Waals surface area contributed by atoms with Crippen LogP contribution in [-0.2, 0) is 18.4 Å². The van der Waals surface area contributed by atoms with Crippen LogP contribution < -0.4 is 10.2 Å². The number of aliphatic hydroxyl groups excluding tert-OH is 1. The highest BCUT2D eigenvalue weighted by molar-refractivity contribution is 7.45. The van der Waals surface area contributed by atoms with Gasteiger partial charge in [-0.1, -0.05) is 264 Å². The number of unbranched alkanes of at least 4 members (excludes halogenated alkanes) is 21. The van der Waals surface area contributed by atoms with Gasteiger partial charge >= 0.3 is 0 Å². The first-order valence-electron chi connectivity index (χ1n) is 30.4. The van der Waals surface area contributed by atoms with Gasteiger partial charge in [0.25, 0.3) is 7.82 Å². The summed E-state index contributed by atoms with van der Waals surface area (Å²) in [7, 11) is 1.29. The van der Waals surface area contributed by atoms with E-state index in [1.807, 2.05) is 21.1 Å². The van der Waals surface area contributed by atoms with Gasteiger partial charge in [0.2, 0.25) is 5.91 Å². The van der Waals surface area contributed by atoms with Crippen LogP contribution in [-0.4, -0.2) is 68.5 Å². The zero-order chi connectivity index (χ0) is 54.9. The van der Waals surface area contributed by atoms with Gasteiger partial charge in [-0.05, 0) is 89.9 Å². The number of allylic oxidation sites excluding steroid dienone is 20. The molecule has 0 rings (SSSR count). The number of amides is 1. The minimum absolute atomic E-state index is 0.00501. The standard InChI is InChI=1S/C66H115N2O6P/c1-6-8-10-12-14-16-18-20-22-23-24-25-26-27-28-29-30-31-32-33-34-35-36-37-38-39-40-41-42-43-44-45-46-48-50-52-54-56-58-60-66(70)67-64(63-74-75(71,72)73-62-61-68(3,4)5)65(69)59-57-55-53-51-49-47-21-19-17-15-13-11-9-7-2/h8,10,14,16,20,22,24-25,27-28,30-31,33-34,36-37,39-40,42-43,64-65,69H,6-7,9,11-13,15,17-19,21,23,26,29,32,35,38,41,44-63H2,1-5H3,(H-,67,70,71,72)/b10-8-,16-14-,22-20-,25-24-,28-27-,31-30-,34-33-,37-36-,40-39-,43-42-. The van der Waals surface area contributed by atoms with Crippen molar-refractivity contribution in [2.45, 2.75) is 251 Å². The molecule has 0 heterocycles. The molecule has 0 aromatic heterocycles. The molecule has 9 heteroatoms. The number of aliphatic hydroxyl groups is 1. The van der Waals surface area contributed by atoms with Crippen LogP contribution >= 0.6 is 7.82 Å². The average molecular weight is 1060 g/mol. The molecular weight excluding hydrogens is 948 g/mol. The third kappa shape index (κ3) is 58.4. The number of carbonyl (C=O) groups excluding carboxylic acids is 1. The summed E-state index contributed by atoms with van der Waals surface area (Å²) in [4.78, 5) is 25.5. The van der Waals surface area contributed by atoms with Gasteiger partial charge in [-0.2, -0.15) is 0 Å². The topological polar surface area (TPSA) is 108 Å². The van der Waals surface area contributed by atoms with Crippen LogP contribution in [0.1, 0.15) is 239 Å². The van der Waals surface area contributed by atoms with Crippen LogP contribution in [0.2, 0.25) is 0 Å². The number of likely N-dealkylation sites (N-methyl/N-ethyl adjacent to an activating group) is 1. The Bertz CT molecular complexity index is 1630. The fourth-order valence-corrected chi connectivity index (χ4v) is 8.97. The Labute approximate surface area is 463 Å². The smallest absolute Gasteiger partial charge is 0.268 e. The Morgan fingerprint density at radius 1 is 0.480 bits per heavy atom. The molecule has 0 aromatic rings. The van der Waals surface area contributed by atoms with Crippen molar-refractivity contribution in [1.29, 1.82) is 0 Å². The lowest BCUT2D eigenvalue weighted by molar-refractivity contribution is -0.870. The van der Waals surface area contributed by atoms with E-state index in [1.54, 1.807) is 0 Å². The van der Waals surface area contributed by atoms with Crippen LogP contribution in [0.3, 0.4) is 0 Å². The monoisotopic (exact) mass is 1060 g/mol. The summed E-state index contributed by atoms with van der Waals surface area (Å²) in [6.07, 6.45) is 82.4. The fraction of sp³-hybridized carbons (Fsp3) is 0.682.